The Morgan fingerprint density at radius 2 is 2.19 bits per heavy atom. The number of aryl methyl sites for hydroxylation is 1. The maximum absolute atomic E-state index is 9.34. The first-order valence-electron chi connectivity index (χ1n) is 7.76. The minimum atomic E-state index is 0.232. The van der Waals surface area contributed by atoms with Crippen molar-refractivity contribution in [2.24, 2.45) is 5.92 Å². The van der Waals surface area contributed by atoms with Gasteiger partial charge in [0.2, 0.25) is 0 Å². The van der Waals surface area contributed by atoms with E-state index < -0.39 is 0 Å². The van der Waals surface area contributed by atoms with Crippen molar-refractivity contribution in [3.63, 3.8) is 0 Å². The lowest BCUT2D eigenvalue weighted by Gasteiger charge is -2.42. The lowest BCUT2D eigenvalue weighted by atomic mass is 10.1. The van der Waals surface area contributed by atoms with E-state index in [9.17, 15) is 5.11 Å². The Balaban J connectivity index is 1.71. The monoisotopic (exact) mass is 310 g/mol. The van der Waals surface area contributed by atoms with Crippen LogP contribution in [0.2, 0.25) is 5.02 Å². The number of hydrogen-bond donors (Lipinski definition) is 1. The number of aliphatic hydroxyl groups excluding tert-OH is 1. The molecule has 1 unspecified atom stereocenters. The van der Waals surface area contributed by atoms with E-state index in [-0.39, 0.29) is 6.61 Å². The molecule has 116 valence electrons. The van der Waals surface area contributed by atoms with Crippen LogP contribution in [0.1, 0.15) is 25.1 Å². The zero-order chi connectivity index (χ0) is 14.8. The van der Waals surface area contributed by atoms with Gasteiger partial charge in [-0.15, -0.1) is 0 Å². The molecule has 1 N–H and O–H groups in total. The van der Waals surface area contributed by atoms with Gasteiger partial charge in [0.15, 0.2) is 5.82 Å². The van der Waals surface area contributed by atoms with Crippen LogP contribution in [0.3, 0.4) is 0 Å². The SMILES string of the molecule is Cc1ncc(Cl)c(N2CCN(CC3CC3)C(CCO)C2)n1. The van der Waals surface area contributed by atoms with Gasteiger partial charge in [-0.3, -0.25) is 4.90 Å². The van der Waals surface area contributed by atoms with E-state index in [0.717, 1.165) is 43.6 Å². The van der Waals surface area contributed by atoms with E-state index in [1.165, 1.54) is 19.4 Å². The first-order chi connectivity index (χ1) is 10.2. The fraction of sp³-hybridized carbons (Fsp3) is 0.733. The molecular weight excluding hydrogens is 288 g/mol. The minimum Gasteiger partial charge on any atom is -0.396 e. The van der Waals surface area contributed by atoms with Crippen molar-refractivity contribution in [1.29, 1.82) is 0 Å². The molecule has 1 aliphatic carbocycles. The van der Waals surface area contributed by atoms with Gasteiger partial charge >= 0.3 is 0 Å². The summed E-state index contributed by atoms with van der Waals surface area (Å²) in [5.41, 5.74) is 0. The van der Waals surface area contributed by atoms with Gasteiger partial charge < -0.3 is 10.0 Å². The molecule has 0 amide bonds. The normalized spacial score (nSPS) is 23.6. The Morgan fingerprint density at radius 1 is 1.38 bits per heavy atom. The summed E-state index contributed by atoms with van der Waals surface area (Å²) >= 11 is 6.26. The molecule has 0 aromatic carbocycles. The van der Waals surface area contributed by atoms with Crippen molar-refractivity contribution in [3.8, 4) is 0 Å². The Bertz CT molecular complexity index is 495. The van der Waals surface area contributed by atoms with Gasteiger partial charge in [0.1, 0.15) is 10.8 Å². The number of aromatic nitrogens is 2. The van der Waals surface area contributed by atoms with Crippen LogP contribution < -0.4 is 4.90 Å². The number of anilines is 1. The molecule has 0 radical (unpaired) electrons. The molecule has 1 aliphatic heterocycles. The van der Waals surface area contributed by atoms with Gasteiger partial charge in [-0.25, -0.2) is 9.97 Å². The van der Waals surface area contributed by atoms with E-state index in [2.05, 4.69) is 19.8 Å². The van der Waals surface area contributed by atoms with Crippen LogP contribution in [-0.4, -0.2) is 58.8 Å². The Hall–Kier alpha value is -0.910. The molecule has 1 aromatic heterocycles. The predicted octanol–water partition coefficient (Wildman–Crippen LogP) is 1.72. The number of aliphatic hydroxyl groups is 1. The topological polar surface area (TPSA) is 52.5 Å². The Labute approximate surface area is 130 Å². The number of nitrogens with zero attached hydrogens (tertiary/aromatic N) is 4. The Kier molecular flexibility index (Phi) is 4.62. The molecule has 6 heteroatoms. The molecule has 2 aliphatic rings. The summed E-state index contributed by atoms with van der Waals surface area (Å²) in [5.74, 6) is 2.45. The molecule has 1 atom stereocenters. The summed E-state index contributed by atoms with van der Waals surface area (Å²) in [6.45, 7) is 6.12. The maximum atomic E-state index is 9.34. The molecule has 21 heavy (non-hydrogen) atoms. The van der Waals surface area contributed by atoms with Crippen LogP contribution >= 0.6 is 11.6 Å². The number of hydrogen-bond acceptors (Lipinski definition) is 5. The van der Waals surface area contributed by atoms with Crippen LogP contribution in [0.5, 0.6) is 0 Å². The van der Waals surface area contributed by atoms with Crippen LogP contribution in [0, 0.1) is 12.8 Å². The minimum absolute atomic E-state index is 0.232. The van der Waals surface area contributed by atoms with E-state index in [4.69, 9.17) is 11.6 Å². The molecule has 1 aromatic rings. The summed E-state index contributed by atoms with van der Waals surface area (Å²) in [6, 6.07) is 0.385. The first kappa shape index (κ1) is 15.0. The highest BCUT2D eigenvalue weighted by atomic mass is 35.5. The largest absolute Gasteiger partial charge is 0.396 e. The summed E-state index contributed by atoms with van der Waals surface area (Å²) in [7, 11) is 0. The summed E-state index contributed by atoms with van der Waals surface area (Å²) in [6.07, 6.45) is 5.22. The van der Waals surface area contributed by atoms with Crippen molar-refractivity contribution in [2.75, 3.05) is 37.7 Å². The molecule has 3 rings (SSSR count). The fourth-order valence-electron chi connectivity index (χ4n) is 3.05. The Morgan fingerprint density at radius 3 is 2.90 bits per heavy atom. The van der Waals surface area contributed by atoms with E-state index in [0.29, 0.717) is 11.1 Å². The molecule has 5 nitrogen and oxygen atoms in total. The van der Waals surface area contributed by atoms with Gasteiger partial charge in [-0.1, -0.05) is 11.6 Å². The fourth-order valence-corrected chi connectivity index (χ4v) is 3.26. The second-order valence-corrected chi connectivity index (χ2v) is 6.55. The molecule has 1 saturated heterocycles. The predicted molar refractivity (Wildman–Crippen MR) is 83.8 cm³/mol. The van der Waals surface area contributed by atoms with Crippen molar-refractivity contribution in [2.45, 2.75) is 32.2 Å². The third-order valence-electron chi connectivity index (χ3n) is 4.40. The third kappa shape index (κ3) is 3.65. The van der Waals surface area contributed by atoms with Crippen molar-refractivity contribution in [1.82, 2.24) is 14.9 Å². The number of piperazine rings is 1. The van der Waals surface area contributed by atoms with Crippen molar-refractivity contribution in [3.05, 3.63) is 17.0 Å². The quantitative estimate of drug-likeness (QED) is 0.897. The summed E-state index contributed by atoms with van der Waals surface area (Å²) in [5, 5.41) is 9.95. The third-order valence-corrected chi connectivity index (χ3v) is 4.67. The highest BCUT2D eigenvalue weighted by Gasteiger charge is 2.32. The molecule has 1 saturated carbocycles. The summed E-state index contributed by atoms with van der Waals surface area (Å²) < 4.78 is 0. The van der Waals surface area contributed by atoms with Crippen molar-refractivity contribution < 1.29 is 5.11 Å². The highest BCUT2D eigenvalue weighted by molar-refractivity contribution is 6.32. The van der Waals surface area contributed by atoms with E-state index in [1.807, 2.05) is 6.92 Å². The second kappa shape index (κ2) is 6.46. The first-order valence-corrected chi connectivity index (χ1v) is 8.14. The molecule has 0 spiro atoms. The average Bonchev–Trinajstić information content (AvgIpc) is 3.28. The van der Waals surface area contributed by atoms with E-state index >= 15 is 0 Å². The average molecular weight is 311 g/mol. The second-order valence-electron chi connectivity index (χ2n) is 6.14. The van der Waals surface area contributed by atoms with Gasteiger partial charge in [-0.05, 0) is 32.1 Å². The van der Waals surface area contributed by atoms with Gasteiger partial charge in [0.25, 0.3) is 0 Å². The standard InChI is InChI=1S/C15H23ClN4O/c1-11-17-8-14(16)15(18-11)20-6-5-19(9-12-2-3-12)13(10-20)4-7-21/h8,12-13,21H,2-7,9-10H2,1H3. The highest BCUT2D eigenvalue weighted by Crippen LogP contribution is 2.32. The molecule has 2 fully saturated rings. The van der Waals surface area contributed by atoms with Crippen molar-refractivity contribution >= 4 is 17.4 Å². The van der Waals surface area contributed by atoms with Gasteiger partial charge in [0, 0.05) is 38.8 Å². The van der Waals surface area contributed by atoms with Crippen LogP contribution in [0.25, 0.3) is 0 Å². The molecule has 0 bridgehead atoms. The lowest BCUT2D eigenvalue weighted by Crippen LogP contribution is -2.54. The number of rotatable bonds is 5. The van der Waals surface area contributed by atoms with Crippen LogP contribution in [0.15, 0.2) is 6.20 Å². The molecule has 2 heterocycles. The molecular formula is C15H23ClN4O. The van der Waals surface area contributed by atoms with Crippen LogP contribution in [0.4, 0.5) is 5.82 Å². The number of halogens is 1. The summed E-state index contributed by atoms with van der Waals surface area (Å²) in [4.78, 5) is 13.4. The van der Waals surface area contributed by atoms with Gasteiger partial charge in [0.05, 0.1) is 6.20 Å². The smallest absolute Gasteiger partial charge is 0.151 e. The van der Waals surface area contributed by atoms with E-state index in [1.54, 1.807) is 6.20 Å². The lowest BCUT2D eigenvalue weighted by molar-refractivity contribution is 0.137. The van der Waals surface area contributed by atoms with Crippen LogP contribution in [-0.2, 0) is 0 Å². The van der Waals surface area contributed by atoms with Gasteiger partial charge in [-0.2, -0.15) is 0 Å². The maximum Gasteiger partial charge on any atom is 0.151 e. The zero-order valence-corrected chi connectivity index (χ0v) is 13.3. The zero-order valence-electron chi connectivity index (χ0n) is 12.5.